The van der Waals surface area contributed by atoms with Gasteiger partial charge in [-0.05, 0) is 49.7 Å². The number of hydrogen-bond donors (Lipinski definition) is 3. The second-order valence-electron chi connectivity index (χ2n) is 8.98. The van der Waals surface area contributed by atoms with Crippen LogP contribution in [0.5, 0.6) is 0 Å². The Hall–Kier alpha value is -3.98. The van der Waals surface area contributed by atoms with Crippen LogP contribution in [0, 0.1) is 24.4 Å². The predicted octanol–water partition coefficient (Wildman–Crippen LogP) is 2.37. The van der Waals surface area contributed by atoms with Crippen LogP contribution in [0.25, 0.3) is 16.9 Å². The average Bonchev–Trinajstić information content (AvgIpc) is 3.59. The molecule has 0 radical (unpaired) electrons. The summed E-state index contributed by atoms with van der Waals surface area (Å²) in [5, 5.41) is 44.2. The molecular weight excluding hydrogens is 519 g/mol. The van der Waals surface area contributed by atoms with Crippen molar-refractivity contribution in [1.29, 1.82) is 0 Å². The van der Waals surface area contributed by atoms with Crippen molar-refractivity contribution in [2.24, 2.45) is 4.99 Å². The summed E-state index contributed by atoms with van der Waals surface area (Å²) < 4.78 is 49.3. The number of benzene rings is 2. The molecule has 5 atom stereocenters. The van der Waals surface area contributed by atoms with Gasteiger partial charge in [-0.3, -0.25) is 4.99 Å². The van der Waals surface area contributed by atoms with Gasteiger partial charge >= 0.3 is 0 Å². The number of aliphatic hydroxyl groups is 3. The maximum absolute atomic E-state index is 13.8. The number of aryl methyl sites for hydroxylation is 1. The van der Waals surface area contributed by atoms with E-state index in [0.29, 0.717) is 5.69 Å². The highest BCUT2D eigenvalue weighted by molar-refractivity contribution is 5.63. The maximum atomic E-state index is 13.8. The van der Waals surface area contributed by atoms with Crippen LogP contribution in [0.15, 0.2) is 47.8 Å². The Morgan fingerprint density at radius 1 is 1.10 bits per heavy atom. The van der Waals surface area contributed by atoms with Crippen LogP contribution in [0.1, 0.15) is 30.5 Å². The Morgan fingerprint density at radius 2 is 1.85 bits per heavy atom. The minimum Gasteiger partial charge on any atom is -0.394 e. The van der Waals surface area contributed by atoms with Crippen molar-refractivity contribution in [2.75, 3.05) is 6.61 Å². The normalized spacial score (nSPS) is 23.5. The van der Waals surface area contributed by atoms with Crippen molar-refractivity contribution < 1.29 is 33.2 Å². The lowest BCUT2D eigenvalue weighted by atomic mass is 9.92. The highest BCUT2D eigenvalue weighted by atomic mass is 19.2. The molecule has 0 bridgehead atoms. The van der Waals surface area contributed by atoms with Crippen molar-refractivity contribution in [3.05, 3.63) is 71.7 Å². The molecule has 0 unspecified atom stereocenters. The molecule has 0 amide bonds. The first-order valence-corrected chi connectivity index (χ1v) is 11.9. The lowest BCUT2D eigenvalue weighted by Gasteiger charge is -2.41. The fourth-order valence-electron chi connectivity index (χ4n) is 4.58. The number of hydrogen-bond acceptors (Lipinski definition) is 9. The first kappa shape index (κ1) is 26.6. The smallest absolute Gasteiger partial charge is 0.194 e. The molecule has 1 saturated heterocycles. The summed E-state index contributed by atoms with van der Waals surface area (Å²) in [4.78, 5) is 8.56. The van der Waals surface area contributed by atoms with Crippen LogP contribution < -0.4 is 0 Å². The van der Waals surface area contributed by atoms with Crippen LogP contribution in [0.4, 0.5) is 18.9 Å². The molecule has 14 heteroatoms. The Morgan fingerprint density at radius 3 is 2.51 bits per heavy atom. The molecule has 2 aromatic carbocycles. The molecule has 11 nitrogen and oxygen atoms in total. The number of halogens is 3. The highest BCUT2D eigenvalue weighted by Gasteiger charge is 2.48. The monoisotopic (exact) mass is 543 g/mol. The first-order valence-electron chi connectivity index (χ1n) is 11.9. The predicted molar refractivity (Wildman–Crippen MR) is 131 cm³/mol. The molecule has 1 fully saturated rings. The molecule has 204 valence electrons. The summed E-state index contributed by atoms with van der Waals surface area (Å²) in [7, 11) is 0. The number of nitrogens with zero attached hydrogens (tertiary/aromatic N) is 7. The van der Waals surface area contributed by atoms with E-state index in [1.807, 2.05) is 13.0 Å². The zero-order valence-corrected chi connectivity index (χ0v) is 20.7. The Kier molecular flexibility index (Phi) is 7.27. The van der Waals surface area contributed by atoms with Crippen molar-refractivity contribution in [2.45, 2.75) is 44.3 Å². The molecule has 1 aliphatic heterocycles. The Bertz CT molecular complexity index is 1500. The molecule has 0 spiro atoms. The van der Waals surface area contributed by atoms with E-state index in [2.05, 4.69) is 25.4 Å². The van der Waals surface area contributed by atoms with Gasteiger partial charge in [-0.15, -0.1) is 5.10 Å². The number of aromatic nitrogens is 6. The Labute approximate surface area is 219 Å². The second-order valence-corrected chi connectivity index (χ2v) is 8.98. The largest absolute Gasteiger partial charge is 0.394 e. The first-order chi connectivity index (χ1) is 18.7. The second kappa shape index (κ2) is 10.6. The van der Waals surface area contributed by atoms with E-state index in [1.54, 1.807) is 25.3 Å². The molecule has 4 aromatic rings. The number of aliphatic hydroxyl groups excluding tert-OH is 3. The summed E-state index contributed by atoms with van der Waals surface area (Å²) in [6.07, 6.45) is -1.09. The molecular formula is C25H24F3N7O4. The van der Waals surface area contributed by atoms with E-state index in [1.165, 1.54) is 17.2 Å². The van der Waals surface area contributed by atoms with Gasteiger partial charge in [-0.1, -0.05) is 5.21 Å². The molecule has 3 heterocycles. The molecule has 1 aliphatic rings. The van der Waals surface area contributed by atoms with Crippen LogP contribution in [0.2, 0.25) is 0 Å². The third-order valence-corrected chi connectivity index (χ3v) is 6.51. The van der Waals surface area contributed by atoms with Gasteiger partial charge in [0.05, 0.1) is 24.2 Å². The van der Waals surface area contributed by atoms with Gasteiger partial charge in [0, 0.05) is 11.8 Å². The molecule has 39 heavy (non-hydrogen) atoms. The van der Waals surface area contributed by atoms with Gasteiger partial charge in [-0.25, -0.2) is 27.5 Å². The zero-order valence-electron chi connectivity index (χ0n) is 20.7. The summed E-state index contributed by atoms with van der Waals surface area (Å²) in [6.45, 7) is 3.08. The van der Waals surface area contributed by atoms with Gasteiger partial charge < -0.3 is 20.1 Å². The van der Waals surface area contributed by atoms with Crippen LogP contribution in [-0.4, -0.2) is 76.2 Å². The van der Waals surface area contributed by atoms with E-state index < -0.39 is 54.5 Å². The van der Waals surface area contributed by atoms with Crippen LogP contribution in [-0.2, 0) is 4.74 Å². The molecule has 5 rings (SSSR count). The number of aliphatic imine (C=N–C) groups is 1. The van der Waals surface area contributed by atoms with Crippen LogP contribution >= 0.6 is 0 Å². The van der Waals surface area contributed by atoms with Crippen molar-refractivity contribution in [3.8, 4) is 16.9 Å². The SMILES string of the molecule is C/C=N\c1ccc(-n2ncnc2[C@@H]2O[C@H](CO)[C@H](O)[C@H](n3cc(-c4cc(F)c(F)c(F)c4)nn3)[C@H]2O)cc1C. The van der Waals surface area contributed by atoms with Gasteiger partial charge in [-0.2, -0.15) is 5.10 Å². The quantitative estimate of drug-likeness (QED) is 0.248. The van der Waals surface area contributed by atoms with E-state index >= 15 is 0 Å². The van der Waals surface area contributed by atoms with E-state index in [-0.39, 0.29) is 17.1 Å². The number of rotatable bonds is 6. The lowest BCUT2D eigenvalue weighted by molar-refractivity contribution is -0.210. The minimum absolute atomic E-state index is 0.0377. The summed E-state index contributed by atoms with van der Waals surface area (Å²) in [5.74, 6) is -4.25. The van der Waals surface area contributed by atoms with E-state index in [0.717, 1.165) is 28.1 Å². The van der Waals surface area contributed by atoms with E-state index in [9.17, 15) is 28.5 Å². The van der Waals surface area contributed by atoms with Crippen molar-refractivity contribution in [3.63, 3.8) is 0 Å². The third-order valence-electron chi connectivity index (χ3n) is 6.51. The average molecular weight is 544 g/mol. The van der Waals surface area contributed by atoms with Gasteiger partial charge in [0.1, 0.15) is 42.5 Å². The third kappa shape index (κ3) is 4.83. The van der Waals surface area contributed by atoms with Gasteiger partial charge in [0.25, 0.3) is 0 Å². The van der Waals surface area contributed by atoms with E-state index in [4.69, 9.17) is 4.74 Å². The number of ether oxygens (including phenoxy) is 1. The highest BCUT2D eigenvalue weighted by Crippen LogP contribution is 2.38. The van der Waals surface area contributed by atoms with Crippen molar-refractivity contribution in [1.82, 2.24) is 29.8 Å². The standard InChI is InChI=1S/C25H24F3N7O4/c1-3-29-17-5-4-14(6-12(17)2)35-25(30-11-31-35)24-23(38)21(22(37)19(10-36)39-24)34-9-18(32-33-34)13-7-15(26)20(28)16(27)8-13/h3-9,11,19,21-24,36-38H,10H2,1-2H3/b29-3-/t19-,21+,22+,23-,24-/m1/s1. The summed E-state index contributed by atoms with van der Waals surface area (Å²) in [5.41, 5.74) is 2.10. The van der Waals surface area contributed by atoms with Crippen molar-refractivity contribution >= 4 is 11.9 Å². The fraction of sp³-hybridized carbons (Fsp3) is 0.320. The molecule has 0 aliphatic carbocycles. The Balaban J connectivity index is 1.50. The topological polar surface area (TPSA) is 144 Å². The summed E-state index contributed by atoms with van der Waals surface area (Å²) in [6, 6.07) is 5.69. The van der Waals surface area contributed by atoms with Crippen LogP contribution in [0.3, 0.4) is 0 Å². The zero-order chi connectivity index (χ0) is 27.8. The fourth-order valence-corrected chi connectivity index (χ4v) is 4.58. The maximum Gasteiger partial charge on any atom is 0.194 e. The lowest BCUT2D eigenvalue weighted by Crippen LogP contribution is -2.53. The van der Waals surface area contributed by atoms with Gasteiger partial charge in [0.15, 0.2) is 23.3 Å². The molecule has 2 aromatic heterocycles. The van der Waals surface area contributed by atoms with Gasteiger partial charge in [0.2, 0.25) is 0 Å². The summed E-state index contributed by atoms with van der Waals surface area (Å²) >= 11 is 0. The molecule has 3 N–H and O–H groups in total. The minimum atomic E-state index is -1.62. The molecule has 0 saturated carbocycles.